The van der Waals surface area contributed by atoms with Crippen molar-refractivity contribution in [1.29, 1.82) is 0 Å². The topological polar surface area (TPSA) is 60.4 Å². The van der Waals surface area contributed by atoms with Crippen LogP contribution < -0.4 is 11.1 Å². The molecule has 0 atom stereocenters. The quantitative estimate of drug-likeness (QED) is 0.542. The van der Waals surface area contributed by atoms with Gasteiger partial charge in [-0.15, -0.1) is 10.6 Å². The second kappa shape index (κ2) is 2.86. The van der Waals surface area contributed by atoms with Crippen molar-refractivity contribution in [3.63, 3.8) is 0 Å². The first-order valence-corrected chi connectivity index (χ1v) is 4.18. The number of aryl methyl sites for hydroxylation is 1. The van der Waals surface area contributed by atoms with Gasteiger partial charge in [0.25, 0.3) is 0 Å². The lowest BCUT2D eigenvalue weighted by Gasteiger charge is -2.09. The van der Waals surface area contributed by atoms with Crippen molar-refractivity contribution in [2.75, 3.05) is 7.05 Å². The molecule has 1 aromatic heterocycles. The molecule has 0 unspecified atom stereocenters. The van der Waals surface area contributed by atoms with Gasteiger partial charge in [-0.05, 0) is 0 Å². The van der Waals surface area contributed by atoms with Crippen LogP contribution in [0.15, 0.2) is 11.3 Å². The van der Waals surface area contributed by atoms with Crippen molar-refractivity contribution in [3.05, 3.63) is 16.4 Å². The van der Waals surface area contributed by atoms with Crippen LogP contribution in [0.5, 0.6) is 0 Å². The molecule has 6 nitrogen and oxygen atoms in total. The first-order chi connectivity index (χ1) is 6.20. The van der Waals surface area contributed by atoms with Crippen LogP contribution in [0.2, 0.25) is 0 Å². The fourth-order valence-electron chi connectivity index (χ4n) is 1.14. The van der Waals surface area contributed by atoms with E-state index in [1.165, 1.54) is 0 Å². The molecule has 0 spiro atoms. The van der Waals surface area contributed by atoms with Crippen LogP contribution in [0.1, 0.15) is 5.56 Å². The number of nitrogens with zero attached hydrogens (tertiary/aromatic N) is 3. The highest BCUT2D eigenvalue weighted by molar-refractivity contribution is 7.71. The fraction of sp³-hybridized carbons (Fsp3) is 0.333. The predicted molar refractivity (Wildman–Crippen MR) is 51.2 cm³/mol. The Hall–Kier alpha value is -1.34. The van der Waals surface area contributed by atoms with Gasteiger partial charge < -0.3 is 5.10 Å². The zero-order chi connectivity index (χ0) is 9.42. The molecule has 70 valence electrons. The van der Waals surface area contributed by atoms with E-state index in [0.29, 0.717) is 0 Å². The summed E-state index contributed by atoms with van der Waals surface area (Å²) in [5, 5.41) is 8.79. The lowest BCUT2D eigenvalue weighted by molar-refractivity contribution is 0.349. The van der Waals surface area contributed by atoms with Crippen LogP contribution in [0, 0.1) is 4.64 Å². The maximum Gasteiger partial charge on any atom is 0.177 e. The van der Waals surface area contributed by atoms with Gasteiger partial charge in [-0.2, -0.15) is 0 Å². The minimum absolute atomic E-state index is 0.733. The Kier molecular flexibility index (Phi) is 1.82. The van der Waals surface area contributed by atoms with Crippen LogP contribution in [-0.2, 0) is 7.05 Å². The highest BCUT2D eigenvalue weighted by Crippen LogP contribution is 2.06. The van der Waals surface area contributed by atoms with E-state index in [9.17, 15) is 0 Å². The summed E-state index contributed by atoms with van der Waals surface area (Å²) in [6.45, 7) is 0. The van der Waals surface area contributed by atoms with Gasteiger partial charge in [0.05, 0.1) is 5.56 Å². The van der Waals surface area contributed by atoms with Gasteiger partial charge in [-0.3, -0.25) is 9.69 Å². The highest BCUT2D eigenvalue weighted by atomic mass is 32.1. The van der Waals surface area contributed by atoms with Gasteiger partial charge in [0.2, 0.25) is 0 Å². The summed E-state index contributed by atoms with van der Waals surface area (Å²) in [5.74, 6) is 0.779. The molecule has 13 heavy (non-hydrogen) atoms. The molecule has 1 aliphatic rings. The summed E-state index contributed by atoms with van der Waals surface area (Å²) < 4.78 is 2.50. The standard InChI is InChI=1S/C6H10N6S/c1-11-5(8-9-10-11)4-3-7-12(2)6(4)13/h3,7,9-10H,1-2H3. The van der Waals surface area contributed by atoms with Gasteiger partial charge in [-0.1, -0.05) is 12.2 Å². The first kappa shape index (κ1) is 8.27. The second-order valence-electron chi connectivity index (χ2n) is 2.77. The summed E-state index contributed by atoms with van der Waals surface area (Å²) in [7, 11) is 3.73. The molecule has 0 saturated heterocycles. The van der Waals surface area contributed by atoms with E-state index in [1.807, 2.05) is 20.3 Å². The SMILES string of the molecule is CN1NNN=C1c1c[nH]n(C)c1=S. The van der Waals surface area contributed by atoms with Gasteiger partial charge in [0.1, 0.15) is 4.64 Å². The number of hydrazone groups is 1. The fourth-order valence-corrected chi connectivity index (χ4v) is 1.35. The van der Waals surface area contributed by atoms with Gasteiger partial charge in [0, 0.05) is 20.3 Å². The van der Waals surface area contributed by atoms with Gasteiger partial charge >= 0.3 is 0 Å². The van der Waals surface area contributed by atoms with E-state index in [1.54, 1.807) is 9.69 Å². The molecule has 0 aliphatic carbocycles. The summed E-state index contributed by atoms with van der Waals surface area (Å²) in [6, 6.07) is 0. The maximum atomic E-state index is 5.18. The molecular weight excluding hydrogens is 188 g/mol. The zero-order valence-corrected chi connectivity index (χ0v) is 8.14. The number of hydrogen-bond donors (Lipinski definition) is 3. The normalized spacial score (nSPS) is 15.8. The third-order valence-electron chi connectivity index (χ3n) is 1.88. The second-order valence-corrected chi connectivity index (χ2v) is 3.16. The molecule has 2 heterocycles. The molecule has 0 aromatic carbocycles. The molecule has 1 aromatic rings. The third-order valence-corrected chi connectivity index (χ3v) is 2.37. The Labute approximate surface area is 80.2 Å². The third kappa shape index (κ3) is 1.21. The molecule has 0 radical (unpaired) electrons. The zero-order valence-electron chi connectivity index (χ0n) is 7.33. The van der Waals surface area contributed by atoms with Crippen LogP contribution in [0.3, 0.4) is 0 Å². The molecule has 1 aliphatic heterocycles. The minimum Gasteiger partial charge on any atom is -0.304 e. The Morgan fingerprint density at radius 1 is 1.46 bits per heavy atom. The number of amidine groups is 1. The van der Waals surface area contributed by atoms with Crippen molar-refractivity contribution in [2.45, 2.75) is 0 Å². The van der Waals surface area contributed by atoms with Crippen LogP contribution in [-0.4, -0.2) is 27.7 Å². The van der Waals surface area contributed by atoms with Crippen molar-refractivity contribution < 1.29 is 0 Å². The van der Waals surface area contributed by atoms with E-state index in [2.05, 4.69) is 21.3 Å². The van der Waals surface area contributed by atoms with E-state index < -0.39 is 0 Å². The molecule has 0 bridgehead atoms. The van der Waals surface area contributed by atoms with Crippen molar-refractivity contribution in [2.24, 2.45) is 12.1 Å². The summed E-state index contributed by atoms with van der Waals surface area (Å²) >= 11 is 5.18. The minimum atomic E-state index is 0.733. The molecule has 3 N–H and O–H groups in total. The van der Waals surface area contributed by atoms with E-state index in [4.69, 9.17) is 12.2 Å². The number of H-pyrrole nitrogens is 1. The summed E-state index contributed by atoms with van der Waals surface area (Å²) in [4.78, 5) is 0. The summed E-state index contributed by atoms with van der Waals surface area (Å²) in [6.07, 6.45) is 1.83. The van der Waals surface area contributed by atoms with Gasteiger partial charge in [0.15, 0.2) is 5.84 Å². The lowest BCUT2D eigenvalue weighted by Crippen LogP contribution is -2.37. The number of aromatic amines is 1. The molecule has 0 amide bonds. The van der Waals surface area contributed by atoms with Crippen molar-refractivity contribution in [3.8, 4) is 0 Å². The summed E-state index contributed by atoms with van der Waals surface area (Å²) in [5.41, 5.74) is 6.37. The largest absolute Gasteiger partial charge is 0.304 e. The molecular formula is C6H10N6S. The average molecular weight is 198 g/mol. The average Bonchev–Trinajstić information content (AvgIpc) is 2.62. The number of hydrazine groups is 2. The molecule has 0 fully saturated rings. The van der Waals surface area contributed by atoms with E-state index >= 15 is 0 Å². The Morgan fingerprint density at radius 2 is 2.23 bits per heavy atom. The highest BCUT2D eigenvalue weighted by Gasteiger charge is 2.17. The Balaban J connectivity index is 2.47. The smallest absolute Gasteiger partial charge is 0.177 e. The van der Waals surface area contributed by atoms with E-state index in [0.717, 1.165) is 16.0 Å². The monoisotopic (exact) mass is 198 g/mol. The van der Waals surface area contributed by atoms with Gasteiger partial charge in [-0.25, -0.2) is 5.53 Å². The van der Waals surface area contributed by atoms with Crippen LogP contribution >= 0.6 is 12.2 Å². The predicted octanol–water partition coefficient (Wildman–Crippen LogP) is -0.301. The number of nitrogens with one attached hydrogen (secondary N) is 3. The maximum absolute atomic E-state index is 5.18. The number of aromatic nitrogens is 2. The molecule has 7 heteroatoms. The van der Waals surface area contributed by atoms with Crippen LogP contribution in [0.4, 0.5) is 0 Å². The van der Waals surface area contributed by atoms with E-state index in [-0.39, 0.29) is 0 Å². The Morgan fingerprint density at radius 3 is 2.69 bits per heavy atom. The molecule has 0 saturated carbocycles. The van der Waals surface area contributed by atoms with Crippen molar-refractivity contribution in [1.82, 2.24) is 25.9 Å². The van der Waals surface area contributed by atoms with Crippen LogP contribution in [0.25, 0.3) is 0 Å². The first-order valence-electron chi connectivity index (χ1n) is 3.77. The van der Waals surface area contributed by atoms with Crippen molar-refractivity contribution >= 4 is 18.1 Å². The lowest BCUT2D eigenvalue weighted by atomic mass is 10.3. The number of hydrogen-bond acceptors (Lipinski definition) is 5. The molecule has 2 rings (SSSR count). The Bertz CT molecular complexity index is 402. The number of rotatable bonds is 1.